The van der Waals surface area contributed by atoms with Crippen LogP contribution >= 0.6 is 11.6 Å². The van der Waals surface area contributed by atoms with E-state index in [0.717, 1.165) is 52.8 Å². The average molecular weight is 384 g/mol. The van der Waals surface area contributed by atoms with Crippen LogP contribution in [0.4, 0.5) is 5.69 Å². The van der Waals surface area contributed by atoms with Crippen LogP contribution < -0.4 is 10.1 Å². The van der Waals surface area contributed by atoms with Crippen molar-refractivity contribution in [2.24, 2.45) is 0 Å². The van der Waals surface area contributed by atoms with Crippen molar-refractivity contribution in [3.63, 3.8) is 0 Å². The van der Waals surface area contributed by atoms with Gasteiger partial charge in [0.25, 0.3) is 0 Å². The number of fused-ring (bicyclic) bond motifs is 2. The van der Waals surface area contributed by atoms with Gasteiger partial charge in [-0.25, -0.2) is 4.98 Å². The fourth-order valence-electron chi connectivity index (χ4n) is 3.91. The number of pyridine rings is 1. The molecule has 0 bridgehead atoms. The number of hydrogen-bond donors (Lipinski definition) is 1. The maximum absolute atomic E-state index is 6.20. The molecule has 2 heterocycles. The van der Waals surface area contributed by atoms with Gasteiger partial charge in [-0.05, 0) is 75.3 Å². The van der Waals surface area contributed by atoms with Crippen LogP contribution in [-0.2, 0) is 0 Å². The molecule has 3 aromatic rings. The Morgan fingerprint density at radius 1 is 1.04 bits per heavy atom. The summed E-state index contributed by atoms with van der Waals surface area (Å²) in [6, 6.07) is 11.9. The van der Waals surface area contributed by atoms with E-state index in [2.05, 4.69) is 22.3 Å². The van der Waals surface area contributed by atoms with E-state index in [9.17, 15) is 0 Å². The van der Waals surface area contributed by atoms with Crippen LogP contribution in [0.25, 0.3) is 21.8 Å². The second-order valence-electron chi connectivity index (χ2n) is 7.21. The third-order valence-electron chi connectivity index (χ3n) is 5.34. The Kier molecular flexibility index (Phi) is 5.65. The highest BCUT2D eigenvalue weighted by Gasteiger charge is 2.12. The van der Waals surface area contributed by atoms with E-state index < -0.39 is 0 Å². The largest absolute Gasteiger partial charge is 0.497 e. The maximum Gasteiger partial charge on any atom is 0.119 e. The van der Waals surface area contributed by atoms with E-state index in [-0.39, 0.29) is 0 Å². The number of piperidine rings is 1. The number of halogens is 1. The first kappa shape index (κ1) is 18.3. The predicted octanol–water partition coefficient (Wildman–Crippen LogP) is 5.34. The monoisotopic (exact) mass is 383 g/mol. The van der Waals surface area contributed by atoms with E-state index in [1.807, 2.05) is 24.3 Å². The molecule has 0 spiro atoms. The number of hydrogen-bond acceptors (Lipinski definition) is 4. The number of likely N-dealkylation sites (tertiary alicyclic amines) is 1. The highest BCUT2D eigenvalue weighted by atomic mass is 35.5. The number of ether oxygens (including phenoxy) is 1. The molecule has 4 rings (SSSR count). The number of nitrogens with zero attached hydrogens (tertiary/aromatic N) is 2. The molecule has 0 radical (unpaired) electrons. The minimum atomic E-state index is 0.707. The molecular weight excluding hydrogens is 358 g/mol. The smallest absolute Gasteiger partial charge is 0.119 e. The van der Waals surface area contributed by atoms with Crippen LogP contribution in [-0.4, -0.2) is 43.2 Å². The molecule has 27 heavy (non-hydrogen) atoms. The summed E-state index contributed by atoms with van der Waals surface area (Å²) in [5.74, 6) is 0.842. The summed E-state index contributed by atoms with van der Waals surface area (Å²) in [4.78, 5) is 7.37. The number of aromatic nitrogens is 1. The number of benzene rings is 2. The summed E-state index contributed by atoms with van der Waals surface area (Å²) < 4.78 is 5.43. The van der Waals surface area contributed by atoms with Crippen LogP contribution in [0.5, 0.6) is 5.75 Å². The van der Waals surface area contributed by atoms with E-state index in [1.54, 1.807) is 7.11 Å². The maximum atomic E-state index is 6.20. The van der Waals surface area contributed by atoms with Gasteiger partial charge in [0.15, 0.2) is 0 Å². The Morgan fingerprint density at radius 3 is 2.70 bits per heavy atom. The van der Waals surface area contributed by atoms with Crippen molar-refractivity contribution in [2.45, 2.75) is 25.7 Å². The fraction of sp³-hybridized carbons (Fsp3) is 0.409. The molecule has 1 aliphatic rings. The second-order valence-corrected chi connectivity index (χ2v) is 7.65. The molecule has 0 atom stereocenters. The highest BCUT2D eigenvalue weighted by Crippen LogP contribution is 2.34. The number of methoxy groups -OCH3 is 1. The topological polar surface area (TPSA) is 37.4 Å². The lowest BCUT2D eigenvalue weighted by atomic mass is 10.1. The zero-order valence-electron chi connectivity index (χ0n) is 15.8. The van der Waals surface area contributed by atoms with Gasteiger partial charge in [-0.3, -0.25) is 0 Å². The van der Waals surface area contributed by atoms with Crippen LogP contribution in [0, 0.1) is 0 Å². The van der Waals surface area contributed by atoms with Crippen LogP contribution in [0.2, 0.25) is 5.02 Å². The van der Waals surface area contributed by atoms with Gasteiger partial charge in [0.05, 0.1) is 23.8 Å². The predicted molar refractivity (Wildman–Crippen MR) is 114 cm³/mol. The summed E-state index contributed by atoms with van der Waals surface area (Å²) in [6.07, 6.45) is 5.19. The lowest BCUT2D eigenvalue weighted by Gasteiger charge is -2.26. The molecule has 0 amide bonds. The first-order chi connectivity index (χ1) is 13.2. The van der Waals surface area contributed by atoms with Crippen molar-refractivity contribution in [2.75, 3.05) is 38.6 Å². The summed E-state index contributed by atoms with van der Waals surface area (Å²) in [6.45, 7) is 4.58. The zero-order chi connectivity index (χ0) is 18.6. The second kappa shape index (κ2) is 8.32. The summed E-state index contributed by atoms with van der Waals surface area (Å²) >= 11 is 6.20. The normalized spacial score (nSPS) is 15.3. The van der Waals surface area contributed by atoms with Crippen LogP contribution in [0.3, 0.4) is 0 Å². The number of nitrogens with one attached hydrogen (secondary N) is 1. The fourth-order valence-corrected chi connectivity index (χ4v) is 4.08. The summed E-state index contributed by atoms with van der Waals surface area (Å²) in [5.41, 5.74) is 2.98. The highest BCUT2D eigenvalue weighted by molar-refractivity contribution is 6.31. The Hall–Kier alpha value is -2.04. The number of rotatable bonds is 6. The Labute approximate surface area is 165 Å². The summed E-state index contributed by atoms with van der Waals surface area (Å²) in [5, 5.41) is 6.56. The molecule has 1 N–H and O–H groups in total. The first-order valence-corrected chi connectivity index (χ1v) is 10.2. The lowest BCUT2D eigenvalue weighted by Crippen LogP contribution is -2.31. The van der Waals surface area contributed by atoms with Gasteiger partial charge in [0, 0.05) is 22.3 Å². The van der Waals surface area contributed by atoms with Crippen LogP contribution in [0.1, 0.15) is 25.7 Å². The molecule has 2 aromatic carbocycles. The van der Waals surface area contributed by atoms with E-state index >= 15 is 0 Å². The minimum Gasteiger partial charge on any atom is -0.497 e. The van der Waals surface area contributed by atoms with E-state index in [0.29, 0.717) is 5.02 Å². The van der Waals surface area contributed by atoms with Gasteiger partial charge in [-0.15, -0.1) is 0 Å². The van der Waals surface area contributed by atoms with Crippen molar-refractivity contribution in [1.29, 1.82) is 0 Å². The molecule has 0 saturated carbocycles. The Morgan fingerprint density at radius 2 is 1.89 bits per heavy atom. The molecule has 1 aromatic heterocycles. The van der Waals surface area contributed by atoms with Crippen molar-refractivity contribution in [1.82, 2.24) is 9.88 Å². The molecule has 4 nitrogen and oxygen atoms in total. The SMILES string of the molecule is COc1ccc2nc3cc(Cl)ccc3c(NCCCN3CCCCC3)c2c1. The molecule has 1 fully saturated rings. The third kappa shape index (κ3) is 4.12. The quantitative estimate of drug-likeness (QED) is 0.460. The van der Waals surface area contributed by atoms with Crippen molar-refractivity contribution in [3.8, 4) is 5.75 Å². The van der Waals surface area contributed by atoms with Crippen LogP contribution in [0.15, 0.2) is 36.4 Å². The lowest BCUT2D eigenvalue weighted by molar-refractivity contribution is 0.228. The molecule has 1 aliphatic heterocycles. The van der Waals surface area contributed by atoms with Crippen molar-refractivity contribution in [3.05, 3.63) is 41.4 Å². The van der Waals surface area contributed by atoms with Gasteiger partial charge >= 0.3 is 0 Å². The Balaban J connectivity index is 1.61. The molecule has 5 heteroatoms. The zero-order valence-corrected chi connectivity index (χ0v) is 16.6. The molecule has 0 unspecified atom stereocenters. The summed E-state index contributed by atoms with van der Waals surface area (Å²) in [7, 11) is 1.70. The standard InChI is InChI=1S/C22H26ClN3O/c1-27-17-7-9-20-19(15-17)22(18-8-6-16(23)14-21(18)25-20)24-10-5-13-26-11-3-2-4-12-26/h6-9,14-15H,2-5,10-13H2,1H3,(H,24,25). The van der Waals surface area contributed by atoms with Gasteiger partial charge in [-0.1, -0.05) is 18.0 Å². The van der Waals surface area contributed by atoms with Gasteiger partial charge < -0.3 is 15.0 Å². The minimum absolute atomic E-state index is 0.707. The van der Waals surface area contributed by atoms with Crippen molar-refractivity contribution < 1.29 is 4.74 Å². The number of anilines is 1. The van der Waals surface area contributed by atoms with Gasteiger partial charge in [-0.2, -0.15) is 0 Å². The molecule has 0 aliphatic carbocycles. The van der Waals surface area contributed by atoms with Gasteiger partial charge in [0.1, 0.15) is 5.75 Å². The average Bonchev–Trinajstić information content (AvgIpc) is 2.70. The van der Waals surface area contributed by atoms with Gasteiger partial charge in [0.2, 0.25) is 0 Å². The van der Waals surface area contributed by atoms with E-state index in [4.69, 9.17) is 21.3 Å². The molecule has 142 valence electrons. The molecule has 1 saturated heterocycles. The Bertz CT molecular complexity index is 938. The first-order valence-electron chi connectivity index (χ1n) is 9.78. The van der Waals surface area contributed by atoms with Crippen molar-refractivity contribution >= 4 is 39.1 Å². The van der Waals surface area contributed by atoms with E-state index in [1.165, 1.54) is 32.4 Å². The molecular formula is C22H26ClN3O. The third-order valence-corrected chi connectivity index (χ3v) is 5.58.